The first-order valence-corrected chi connectivity index (χ1v) is 5.66. The van der Waals surface area contributed by atoms with Crippen LogP contribution in [0.15, 0.2) is 0 Å². The molecular formula is C11H22N2O2. The van der Waals surface area contributed by atoms with Crippen LogP contribution in [0.25, 0.3) is 0 Å². The standard InChI is InChI=1S/C11H22N2O2/c1-8(12)6-7-13(3)11(14)10-5-4-9(2)15-10/h8-10H,4-7,12H2,1-3H3. The Morgan fingerprint density at radius 3 is 2.73 bits per heavy atom. The number of rotatable bonds is 4. The summed E-state index contributed by atoms with van der Waals surface area (Å²) in [5.41, 5.74) is 5.65. The third kappa shape index (κ3) is 3.80. The Hall–Kier alpha value is -0.610. The van der Waals surface area contributed by atoms with Crippen molar-refractivity contribution in [3.8, 4) is 0 Å². The maximum Gasteiger partial charge on any atom is 0.251 e. The summed E-state index contributed by atoms with van der Waals surface area (Å²) in [6, 6.07) is 0.142. The van der Waals surface area contributed by atoms with E-state index in [0.717, 1.165) is 19.3 Å². The van der Waals surface area contributed by atoms with E-state index in [0.29, 0.717) is 6.54 Å². The van der Waals surface area contributed by atoms with E-state index in [-0.39, 0.29) is 24.2 Å². The summed E-state index contributed by atoms with van der Waals surface area (Å²) in [6.45, 7) is 4.67. The number of ether oxygens (including phenoxy) is 1. The average Bonchev–Trinajstić information content (AvgIpc) is 2.60. The minimum absolute atomic E-state index is 0.0972. The first-order chi connectivity index (χ1) is 7.00. The highest BCUT2D eigenvalue weighted by atomic mass is 16.5. The van der Waals surface area contributed by atoms with Gasteiger partial charge in [0.05, 0.1) is 6.10 Å². The Morgan fingerprint density at radius 1 is 1.60 bits per heavy atom. The Bertz CT molecular complexity index is 219. The van der Waals surface area contributed by atoms with Crippen LogP contribution < -0.4 is 5.73 Å². The van der Waals surface area contributed by atoms with Crippen LogP contribution in [0.4, 0.5) is 0 Å². The topological polar surface area (TPSA) is 55.6 Å². The summed E-state index contributed by atoms with van der Waals surface area (Å²) in [7, 11) is 1.82. The molecule has 4 heteroatoms. The number of nitrogens with two attached hydrogens (primary N) is 1. The van der Waals surface area contributed by atoms with Crippen molar-refractivity contribution in [2.45, 2.75) is 51.4 Å². The lowest BCUT2D eigenvalue weighted by molar-refractivity contribution is -0.141. The Morgan fingerprint density at radius 2 is 2.27 bits per heavy atom. The van der Waals surface area contributed by atoms with Crippen molar-refractivity contribution in [2.24, 2.45) is 5.73 Å². The van der Waals surface area contributed by atoms with Crippen molar-refractivity contribution in [2.75, 3.05) is 13.6 Å². The average molecular weight is 214 g/mol. The van der Waals surface area contributed by atoms with Gasteiger partial charge in [-0.15, -0.1) is 0 Å². The molecule has 1 aliphatic heterocycles. The van der Waals surface area contributed by atoms with Gasteiger partial charge in [0.2, 0.25) is 0 Å². The van der Waals surface area contributed by atoms with Gasteiger partial charge in [0.25, 0.3) is 5.91 Å². The molecular weight excluding hydrogens is 192 g/mol. The summed E-state index contributed by atoms with van der Waals surface area (Å²) in [4.78, 5) is 13.6. The number of amides is 1. The number of hydrogen-bond acceptors (Lipinski definition) is 3. The lowest BCUT2D eigenvalue weighted by Crippen LogP contribution is -2.38. The van der Waals surface area contributed by atoms with Gasteiger partial charge in [-0.25, -0.2) is 0 Å². The van der Waals surface area contributed by atoms with Gasteiger partial charge in [0, 0.05) is 19.6 Å². The molecule has 0 bridgehead atoms. The number of nitrogens with zero attached hydrogens (tertiary/aromatic N) is 1. The molecule has 0 aromatic carbocycles. The third-order valence-electron chi connectivity index (χ3n) is 2.80. The van der Waals surface area contributed by atoms with Crippen LogP contribution in [0.1, 0.15) is 33.1 Å². The molecule has 0 aromatic rings. The van der Waals surface area contributed by atoms with E-state index in [1.807, 2.05) is 20.9 Å². The summed E-state index contributed by atoms with van der Waals surface area (Å²) >= 11 is 0. The molecule has 1 heterocycles. The lowest BCUT2D eigenvalue weighted by Gasteiger charge is -2.21. The van der Waals surface area contributed by atoms with Gasteiger partial charge in [0.15, 0.2) is 0 Å². The molecule has 1 saturated heterocycles. The molecule has 88 valence electrons. The number of carbonyl (C=O) groups is 1. The maximum absolute atomic E-state index is 11.9. The molecule has 0 aliphatic carbocycles. The smallest absolute Gasteiger partial charge is 0.251 e. The van der Waals surface area contributed by atoms with Crippen LogP contribution in [0.3, 0.4) is 0 Å². The second kappa shape index (κ2) is 5.47. The zero-order chi connectivity index (χ0) is 11.4. The second-order valence-electron chi connectivity index (χ2n) is 4.54. The summed E-state index contributed by atoms with van der Waals surface area (Å²) < 4.78 is 5.53. The molecule has 0 aromatic heterocycles. The first kappa shape index (κ1) is 12.5. The van der Waals surface area contributed by atoms with Crippen LogP contribution in [0.5, 0.6) is 0 Å². The molecule has 1 aliphatic rings. The van der Waals surface area contributed by atoms with Gasteiger partial charge in [-0.05, 0) is 33.1 Å². The van der Waals surface area contributed by atoms with Gasteiger partial charge in [0.1, 0.15) is 6.10 Å². The third-order valence-corrected chi connectivity index (χ3v) is 2.80. The van der Waals surface area contributed by atoms with E-state index in [4.69, 9.17) is 10.5 Å². The number of likely N-dealkylation sites (N-methyl/N-ethyl adjacent to an activating group) is 1. The predicted molar refractivity (Wildman–Crippen MR) is 59.5 cm³/mol. The summed E-state index contributed by atoms with van der Waals surface area (Å²) in [5, 5.41) is 0. The van der Waals surface area contributed by atoms with Crippen LogP contribution in [0, 0.1) is 0 Å². The zero-order valence-electron chi connectivity index (χ0n) is 9.90. The predicted octanol–water partition coefficient (Wildman–Crippen LogP) is 0.750. The molecule has 1 amide bonds. The van der Waals surface area contributed by atoms with Gasteiger partial charge < -0.3 is 15.4 Å². The van der Waals surface area contributed by atoms with E-state index in [1.54, 1.807) is 4.90 Å². The molecule has 3 unspecified atom stereocenters. The van der Waals surface area contributed by atoms with Gasteiger partial charge >= 0.3 is 0 Å². The van der Waals surface area contributed by atoms with Crippen LogP contribution in [-0.2, 0) is 9.53 Å². The molecule has 1 fully saturated rings. The Kier molecular flexibility index (Phi) is 4.54. The van der Waals surface area contributed by atoms with Crippen LogP contribution in [-0.4, -0.2) is 42.6 Å². The van der Waals surface area contributed by atoms with Crippen molar-refractivity contribution in [1.82, 2.24) is 4.90 Å². The highest BCUT2D eigenvalue weighted by Crippen LogP contribution is 2.20. The molecule has 3 atom stereocenters. The Labute approximate surface area is 91.8 Å². The minimum Gasteiger partial charge on any atom is -0.365 e. The molecule has 1 rings (SSSR count). The summed E-state index contributed by atoms with van der Waals surface area (Å²) in [6.07, 6.45) is 2.67. The highest BCUT2D eigenvalue weighted by molar-refractivity contribution is 5.80. The first-order valence-electron chi connectivity index (χ1n) is 5.66. The van der Waals surface area contributed by atoms with Crippen molar-refractivity contribution in [1.29, 1.82) is 0 Å². The summed E-state index contributed by atoms with van der Waals surface area (Å²) in [5.74, 6) is 0.0972. The van der Waals surface area contributed by atoms with Crippen molar-refractivity contribution in [3.05, 3.63) is 0 Å². The van der Waals surface area contributed by atoms with E-state index in [9.17, 15) is 4.79 Å². The van der Waals surface area contributed by atoms with Gasteiger partial charge in [-0.1, -0.05) is 0 Å². The Balaban J connectivity index is 2.32. The molecule has 2 N–H and O–H groups in total. The molecule has 0 saturated carbocycles. The lowest BCUT2D eigenvalue weighted by atomic mass is 10.2. The second-order valence-corrected chi connectivity index (χ2v) is 4.54. The maximum atomic E-state index is 11.9. The quantitative estimate of drug-likeness (QED) is 0.751. The van der Waals surface area contributed by atoms with E-state index in [2.05, 4.69) is 0 Å². The van der Waals surface area contributed by atoms with E-state index in [1.165, 1.54) is 0 Å². The normalized spacial score (nSPS) is 27.7. The van der Waals surface area contributed by atoms with Crippen molar-refractivity contribution < 1.29 is 9.53 Å². The van der Waals surface area contributed by atoms with E-state index < -0.39 is 0 Å². The zero-order valence-corrected chi connectivity index (χ0v) is 9.90. The molecule has 15 heavy (non-hydrogen) atoms. The van der Waals surface area contributed by atoms with Crippen molar-refractivity contribution in [3.63, 3.8) is 0 Å². The largest absolute Gasteiger partial charge is 0.365 e. The van der Waals surface area contributed by atoms with Crippen LogP contribution in [0.2, 0.25) is 0 Å². The highest BCUT2D eigenvalue weighted by Gasteiger charge is 2.29. The fraction of sp³-hybridized carbons (Fsp3) is 0.909. The van der Waals surface area contributed by atoms with E-state index >= 15 is 0 Å². The number of carbonyl (C=O) groups excluding carboxylic acids is 1. The molecule has 0 radical (unpaired) electrons. The van der Waals surface area contributed by atoms with Gasteiger partial charge in [-0.2, -0.15) is 0 Å². The number of hydrogen-bond donors (Lipinski definition) is 1. The fourth-order valence-electron chi connectivity index (χ4n) is 1.74. The van der Waals surface area contributed by atoms with Crippen LogP contribution >= 0.6 is 0 Å². The molecule has 4 nitrogen and oxygen atoms in total. The van der Waals surface area contributed by atoms with Gasteiger partial charge in [-0.3, -0.25) is 4.79 Å². The SMILES string of the molecule is CC(N)CCN(C)C(=O)C1CCC(C)O1. The fourth-order valence-corrected chi connectivity index (χ4v) is 1.74. The van der Waals surface area contributed by atoms with Crippen molar-refractivity contribution >= 4 is 5.91 Å². The monoisotopic (exact) mass is 214 g/mol. The molecule has 0 spiro atoms. The minimum atomic E-state index is -0.224.